The molecule has 0 saturated carbocycles. The highest BCUT2D eigenvalue weighted by Gasteiger charge is 2.38. The Morgan fingerprint density at radius 3 is 1.69 bits per heavy atom. The number of anilines is 1. The summed E-state index contributed by atoms with van der Waals surface area (Å²) in [6, 6.07) is 5.48. The van der Waals surface area contributed by atoms with Gasteiger partial charge in [0.15, 0.2) is 0 Å². The van der Waals surface area contributed by atoms with E-state index in [2.05, 4.69) is 16.0 Å². The minimum Gasteiger partial charge on any atom is -0.444 e. The number of halogens is 3. The van der Waals surface area contributed by atoms with Crippen LogP contribution in [0.1, 0.15) is 72.8 Å². The van der Waals surface area contributed by atoms with Crippen LogP contribution in [0.15, 0.2) is 24.3 Å². The number of alkyl halides is 3. The molecule has 0 aliphatic carbocycles. The van der Waals surface area contributed by atoms with Gasteiger partial charge in [-0.05, 0) is 72.1 Å². The number of alkyl carbamates (subject to hydrolysis) is 2. The SMILES string of the molecule is CC(C)(C)OC(=O)NCCN(CCNC(=O)OC(C)(C)C)C(=O)CCCCCNC(=O)Cc1ccc(NC(=O)C(F)(F)F)cc1. The van der Waals surface area contributed by atoms with E-state index in [4.69, 9.17) is 9.47 Å². The molecule has 0 fully saturated rings. The molecule has 5 amide bonds. The van der Waals surface area contributed by atoms with Crippen LogP contribution in [0.5, 0.6) is 0 Å². The van der Waals surface area contributed by atoms with Crippen molar-refractivity contribution in [2.75, 3.05) is 38.0 Å². The molecular formula is C30H46F3N5O7. The lowest BCUT2D eigenvalue weighted by Crippen LogP contribution is -2.44. The maximum atomic E-state index is 12.9. The molecule has 0 heterocycles. The van der Waals surface area contributed by atoms with E-state index < -0.39 is 35.5 Å². The summed E-state index contributed by atoms with van der Waals surface area (Å²) in [5.74, 6) is -2.52. The van der Waals surface area contributed by atoms with Gasteiger partial charge in [-0.1, -0.05) is 18.6 Å². The van der Waals surface area contributed by atoms with Crippen LogP contribution in [0.3, 0.4) is 0 Å². The molecule has 0 unspecified atom stereocenters. The summed E-state index contributed by atoms with van der Waals surface area (Å²) in [4.78, 5) is 61.6. The van der Waals surface area contributed by atoms with Gasteiger partial charge in [0, 0.05) is 44.8 Å². The van der Waals surface area contributed by atoms with Crippen LogP contribution in [-0.4, -0.2) is 84.9 Å². The zero-order valence-corrected chi connectivity index (χ0v) is 26.8. The Morgan fingerprint density at radius 2 is 1.22 bits per heavy atom. The molecule has 1 rings (SSSR count). The lowest BCUT2D eigenvalue weighted by molar-refractivity contribution is -0.167. The summed E-state index contributed by atoms with van der Waals surface area (Å²) in [6.07, 6.45) is -4.14. The fraction of sp³-hybridized carbons (Fsp3) is 0.633. The van der Waals surface area contributed by atoms with Crippen LogP contribution in [0, 0.1) is 0 Å². The monoisotopic (exact) mass is 645 g/mol. The van der Waals surface area contributed by atoms with E-state index in [1.165, 1.54) is 29.2 Å². The molecule has 0 saturated heterocycles. The van der Waals surface area contributed by atoms with E-state index in [9.17, 15) is 37.1 Å². The number of unbranched alkanes of at least 4 members (excludes halogenated alkanes) is 2. The fourth-order valence-electron chi connectivity index (χ4n) is 3.70. The van der Waals surface area contributed by atoms with Crippen LogP contribution < -0.4 is 21.3 Å². The van der Waals surface area contributed by atoms with Crippen molar-refractivity contribution in [3.8, 4) is 0 Å². The second-order valence-corrected chi connectivity index (χ2v) is 12.2. The van der Waals surface area contributed by atoms with Gasteiger partial charge < -0.3 is 35.6 Å². The lowest BCUT2D eigenvalue weighted by Gasteiger charge is -2.25. The first-order chi connectivity index (χ1) is 20.7. The standard InChI is InChI=1S/C30H46F3N5O7/c1-28(2,3)44-26(42)35-16-18-38(19-17-36-27(43)45-29(4,5)6)24(40)10-8-7-9-15-34-23(39)20-21-11-13-22(14-12-21)37-25(41)30(31,32)33/h11-14H,7-10,15-20H2,1-6H3,(H,34,39)(H,35,42)(H,36,43)(H,37,41). The lowest BCUT2D eigenvalue weighted by atomic mass is 10.1. The van der Waals surface area contributed by atoms with Crippen molar-refractivity contribution in [1.82, 2.24) is 20.9 Å². The summed E-state index contributed by atoms with van der Waals surface area (Å²) in [5, 5.41) is 9.73. The average Bonchev–Trinajstić information content (AvgIpc) is 2.88. The summed E-state index contributed by atoms with van der Waals surface area (Å²) in [7, 11) is 0. The third-order valence-electron chi connectivity index (χ3n) is 5.68. The Kier molecular flexibility index (Phi) is 15.6. The molecular weight excluding hydrogens is 599 g/mol. The summed E-state index contributed by atoms with van der Waals surface area (Å²) in [6.45, 7) is 11.5. The van der Waals surface area contributed by atoms with Crippen LogP contribution in [0.4, 0.5) is 28.4 Å². The van der Waals surface area contributed by atoms with E-state index in [0.29, 0.717) is 31.4 Å². The van der Waals surface area contributed by atoms with E-state index in [0.717, 1.165) is 0 Å². The van der Waals surface area contributed by atoms with Gasteiger partial charge in [0.05, 0.1) is 6.42 Å². The predicted octanol–water partition coefficient (Wildman–Crippen LogP) is 4.28. The van der Waals surface area contributed by atoms with Crippen LogP contribution in [0.25, 0.3) is 0 Å². The summed E-state index contributed by atoms with van der Waals surface area (Å²) < 4.78 is 47.5. The smallest absolute Gasteiger partial charge is 0.444 e. The van der Waals surface area contributed by atoms with Crippen molar-refractivity contribution in [2.24, 2.45) is 0 Å². The Hall–Kier alpha value is -4.04. The highest BCUT2D eigenvalue weighted by molar-refractivity contribution is 5.94. The molecule has 1 aromatic carbocycles. The molecule has 45 heavy (non-hydrogen) atoms. The fourth-order valence-corrected chi connectivity index (χ4v) is 3.70. The largest absolute Gasteiger partial charge is 0.471 e. The van der Waals surface area contributed by atoms with Crippen LogP contribution in [-0.2, 0) is 30.3 Å². The average molecular weight is 646 g/mol. The van der Waals surface area contributed by atoms with Gasteiger partial charge in [0.25, 0.3) is 0 Å². The quantitative estimate of drug-likeness (QED) is 0.208. The topological polar surface area (TPSA) is 155 Å². The van der Waals surface area contributed by atoms with E-state index in [-0.39, 0.29) is 56.5 Å². The molecule has 0 aliphatic rings. The van der Waals surface area contributed by atoms with Crippen molar-refractivity contribution in [1.29, 1.82) is 0 Å². The molecule has 0 aliphatic heterocycles. The molecule has 1 aromatic rings. The maximum Gasteiger partial charge on any atom is 0.471 e. The highest BCUT2D eigenvalue weighted by atomic mass is 19.4. The number of carbonyl (C=O) groups excluding carboxylic acids is 5. The molecule has 0 aromatic heterocycles. The third-order valence-corrected chi connectivity index (χ3v) is 5.68. The predicted molar refractivity (Wildman–Crippen MR) is 161 cm³/mol. The minimum absolute atomic E-state index is 0.00953. The molecule has 0 atom stereocenters. The van der Waals surface area contributed by atoms with Gasteiger partial charge >= 0.3 is 24.3 Å². The molecule has 15 heteroatoms. The Labute approximate surface area is 262 Å². The Balaban J connectivity index is 2.45. The van der Waals surface area contributed by atoms with Crippen molar-refractivity contribution >= 4 is 35.6 Å². The highest BCUT2D eigenvalue weighted by Crippen LogP contribution is 2.18. The molecule has 0 bridgehead atoms. The Bertz CT molecular complexity index is 1100. The molecule has 254 valence electrons. The molecule has 0 radical (unpaired) electrons. The first-order valence-electron chi connectivity index (χ1n) is 14.7. The zero-order valence-electron chi connectivity index (χ0n) is 26.8. The number of amides is 5. The van der Waals surface area contributed by atoms with E-state index in [1.54, 1.807) is 46.9 Å². The number of rotatable bonds is 15. The van der Waals surface area contributed by atoms with Gasteiger partial charge in [-0.15, -0.1) is 0 Å². The van der Waals surface area contributed by atoms with Gasteiger partial charge in [-0.2, -0.15) is 13.2 Å². The van der Waals surface area contributed by atoms with Gasteiger partial charge in [-0.25, -0.2) is 9.59 Å². The van der Waals surface area contributed by atoms with E-state index in [1.807, 2.05) is 0 Å². The van der Waals surface area contributed by atoms with Crippen molar-refractivity contribution in [3.05, 3.63) is 29.8 Å². The normalized spacial score (nSPS) is 11.7. The summed E-state index contributed by atoms with van der Waals surface area (Å²) >= 11 is 0. The first kappa shape index (κ1) is 39.0. The number of carbonyl (C=O) groups is 5. The minimum atomic E-state index is -4.99. The van der Waals surface area contributed by atoms with Crippen molar-refractivity contribution in [3.63, 3.8) is 0 Å². The second kappa shape index (κ2) is 18.1. The molecule has 4 N–H and O–H groups in total. The van der Waals surface area contributed by atoms with Gasteiger partial charge in [-0.3, -0.25) is 14.4 Å². The van der Waals surface area contributed by atoms with Crippen molar-refractivity contribution < 1.29 is 46.6 Å². The third kappa shape index (κ3) is 19.1. The number of ether oxygens (including phenoxy) is 2. The number of benzene rings is 1. The maximum absolute atomic E-state index is 12.9. The van der Waals surface area contributed by atoms with Crippen molar-refractivity contribution in [2.45, 2.75) is 91.0 Å². The van der Waals surface area contributed by atoms with Gasteiger partial charge in [0.1, 0.15) is 11.2 Å². The van der Waals surface area contributed by atoms with Gasteiger partial charge in [0.2, 0.25) is 11.8 Å². The number of nitrogens with one attached hydrogen (secondary N) is 4. The molecule has 0 spiro atoms. The Morgan fingerprint density at radius 1 is 0.711 bits per heavy atom. The number of hydrogen-bond donors (Lipinski definition) is 4. The van der Waals surface area contributed by atoms with Crippen LogP contribution >= 0.6 is 0 Å². The number of hydrogen-bond acceptors (Lipinski definition) is 7. The van der Waals surface area contributed by atoms with Crippen LogP contribution in [0.2, 0.25) is 0 Å². The first-order valence-corrected chi connectivity index (χ1v) is 14.7. The summed E-state index contributed by atoms with van der Waals surface area (Å²) in [5.41, 5.74) is -0.797. The second-order valence-electron chi connectivity index (χ2n) is 12.2. The zero-order chi connectivity index (χ0) is 34.3. The van der Waals surface area contributed by atoms with E-state index >= 15 is 0 Å². The molecule has 12 nitrogen and oxygen atoms in total. The number of nitrogens with zero attached hydrogens (tertiary/aromatic N) is 1.